The van der Waals surface area contributed by atoms with Crippen molar-refractivity contribution in [3.63, 3.8) is 0 Å². The zero-order chi connectivity index (χ0) is 22.5. The molecule has 172 valence electrons. The molecule has 2 aliphatic heterocycles. The molecule has 0 spiro atoms. The molecule has 2 saturated heterocycles. The summed E-state index contributed by atoms with van der Waals surface area (Å²) >= 11 is 0. The van der Waals surface area contributed by atoms with E-state index in [1.807, 2.05) is 19.2 Å². The first-order chi connectivity index (χ1) is 15.6. The predicted octanol–water partition coefficient (Wildman–Crippen LogP) is 3.20. The number of aliphatic imine (C=N–C) groups is 1. The molecule has 2 aliphatic rings. The second-order valence-corrected chi connectivity index (χ2v) is 8.30. The molecule has 32 heavy (non-hydrogen) atoms. The van der Waals surface area contributed by atoms with Crippen molar-refractivity contribution in [2.24, 2.45) is 10.9 Å². The topological polar surface area (TPSA) is 43.3 Å². The molecule has 4 rings (SSSR count). The molecule has 2 fully saturated rings. The smallest absolute Gasteiger partial charge is 0.193 e. The maximum atomic E-state index is 13.6. The third-order valence-electron chi connectivity index (χ3n) is 6.33. The third-order valence-corrected chi connectivity index (χ3v) is 6.33. The number of nitrogens with one attached hydrogen (secondary N) is 1. The molecule has 1 N–H and O–H groups in total. The van der Waals surface area contributed by atoms with Crippen molar-refractivity contribution in [2.75, 3.05) is 69.8 Å². The van der Waals surface area contributed by atoms with Crippen LogP contribution in [-0.2, 0) is 0 Å². The van der Waals surface area contributed by atoms with Crippen LogP contribution in [0.1, 0.15) is 6.42 Å². The van der Waals surface area contributed by atoms with Gasteiger partial charge in [-0.3, -0.25) is 4.99 Å². The molecule has 0 bridgehead atoms. The first-order valence-corrected chi connectivity index (χ1v) is 11.1. The maximum absolute atomic E-state index is 13.6. The fourth-order valence-electron chi connectivity index (χ4n) is 4.45. The average molecular weight is 444 g/mol. The van der Waals surface area contributed by atoms with Crippen molar-refractivity contribution in [1.82, 2.24) is 10.2 Å². The van der Waals surface area contributed by atoms with E-state index in [1.165, 1.54) is 17.8 Å². The second kappa shape index (κ2) is 10.1. The number of halogens is 2. The molecule has 1 atom stereocenters. The van der Waals surface area contributed by atoms with Crippen LogP contribution in [0.25, 0.3) is 0 Å². The van der Waals surface area contributed by atoms with Gasteiger partial charge in [0, 0.05) is 70.3 Å². The summed E-state index contributed by atoms with van der Waals surface area (Å²) in [7, 11) is 3.50. The quantitative estimate of drug-likeness (QED) is 0.568. The van der Waals surface area contributed by atoms with Crippen LogP contribution in [0.4, 0.5) is 20.2 Å². The summed E-state index contributed by atoms with van der Waals surface area (Å²) in [5.74, 6) is 0.624. The van der Waals surface area contributed by atoms with Crippen LogP contribution in [0.15, 0.2) is 47.5 Å². The molecule has 0 aliphatic carbocycles. The number of benzene rings is 2. The Morgan fingerprint density at radius 3 is 2.34 bits per heavy atom. The standard InChI is InChI=1S/C24H31F2N5O/c1-27-24(30-13-11-29(12-14-30)19-3-6-21(32-2)7-4-19)28-16-18-9-10-31(17-18)20-5-8-22(25)23(26)15-20/h3-8,15,18H,9-14,16-17H2,1-2H3,(H,27,28). The molecule has 0 radical (unpaired) electrons. The Labute approximate surface area is 188 Å². The normalized spacial score (nSPS) is 19.4. The summed E-state index contributed by atoms with van der Waals surface area (Å²) in [6.07, 6.45) is 1.01. The molecule has 0 aromatic heterocycles. The minimum absolute atomic E-state index is 0.431. The van der Waals surface area contributed by atoms with Gasteiger partial charge in [-0.1, -0.05) is 0 Å². The van der Waals surface area contributed by atoms with Crippen LogP contribution in [0.2, 0.25) is 0 Å². The summed E-state index contributed by atoms with van der Waals surface area (Å²) in [6, 6.07) is 12.3. The molecule has 2 heterocycles. The van der Waals surface area contributed by atoms with E-state index in [1.54, 1.807) is 13.2 Å². The van der Waals surface area contributed by atoms with Gasteiger partial charge in [-0.25, -0.2) is 8.78 Å². The van der Waals surface area contributed by atoms with Gasteiger partial charge in [0.05, 0.1) is 7.11 Å². The van der Waals surface area contributed by atoms with Gasteiger partial charge in [-0.2, -0.15) is 0 Å². The third kappa shape index (κ3) is 5.06. The fraction of sp³-hybridized carbons (Fsp3) is 0.458. The zero-order valence-electron chi connectivity index (χ0n) is 18.7. The largest absolute Gasteiger partial charge is 0.497 e. The fourth-order valence-corrected chi connectivity index (χ4v) is 4.45. The van der Waals surface area contributed by atoms with Gasteiger partial charge < -0.3 is 24.8 Å². The number of anilines is 2. The lowest BCUT2D eigenvalue weighted by Gasteiger charge is -2.38. The number of rotatable bonds is 5. The van der Waals surface area contributed by atoms with E-state index >= 15 is 0 Å². The summed E-state index contributed by atoms with van der Waals surface area (Å²) in [6.45, 7) is 6.14. The van der Waals surface area contributed by atoms with Crippen LogP contribution in [0.5, 0.6) is 5.75 Å². The van der Waals surface area contributed by atoms with E-state index in [0.29, 0.717) is 5.92 Å². The molecular formula is C24H31F2N5O. The van der Waals surface area contributed by atoms with Crippen molar-refractivity contribution in [3.8, 4) is 5.75 Å². The number of piperazine rings is 1. The Morgan fingerprint density at radius 2 is 1.69 bits per heavy atom. The SMILES string of the molecule is CN=C(NCC1CCN(c2ccc(F)c(F)c2)C1)N1CCN(c2ccc(OC)cc2)CC1. The van der Waals surface area contributed by atoms with Gasteiger partial charge >= 0.3 is 0 Å². The summed E-state index contributed by atoms with van der Waals surface area (Å²) in [5, 5.41) is 3.52. The first-order valence-electron chi connectivity index (χ1n) is 11.1. The lowest BCUT2D eigenvalue weighted by atomic mass is 10.1. The number of methoxy groups -OCH3 is 1. The van der Waals surface area contributed by atoms with Crippen molar-refractivity contribution < 1.29 is 13.5 Å². The van der Waals surface area contributed by atoms with Crippen LogP contribution in [0, 0.1) is 17.6 Å². The van der Waals surface area contributed by atoms with E-state index in [-0.39, 0.29) is 0 Å². The van der Waals surface area contributed by atoms with Crippen molar-refractivity contribution in [1.29, 1.82) is 0 Å². The van der Waals surface area contributed by atoms with E-state index in [2.05, 4.69) is 37.1 Å². The van der Waals surface area contributed by atoms with Gasteiger partial charge in [0.2, 0.25) is 0 Å². The lowest BCUT2D eigenvalue weighted by Crippen LogP contribution is -2.53. The Morgan fingerprint density at radius 1 is 0.969 bits per heavy atom. The number of hydrogen-bond donors (Lipinski definition) is 1. The van der Waals surface area contributed by atoms with Gasteiger partial charge in [0.25, 0.3) is 0 Å². The monoisotopic (exact) mass is 443 g/mol. The van der Waals surface area contributed by atoms with E-state index in [9.17, 15) is 8.78 Å². The summed E-state index contributed by atoms with van der Waals surface area (Å²) in [5.41, 5.74) is 1.95. The highest BCUT2D eigenvalue weighted by Crippen LogP contribution is 2.25. The average Bonchev–Trinajstić information content (AvgIpc) is 3.31. The highest BCUT2D eigenvalue weighted by molar-refractivity contribution is 5.80. The van der Waals surface area contributed by atoms with E-state index < -0.39 is 11.6 Å². The molecule has 2 aromatic carbocycles. The highest BCUT2D eigenvalue weighted by Gasteiger charge is 2.25. The highest BCUT2D eigenvalue weighted by atomic mass is 19.2. The van der Waals surface area contributed by atoms with Crippen molar-refractivity contribution in [3.05, 3.63) is 54.1 Å². The Bertz CT molecular complexity index is 928. The number of nitrogens with zero attached hydrogens (tertiary/aromatic N) is 4. The lowest BCUT2D eigenvalue weighted by molar-refractivity contribution is 0.369. The number of guanidine groups is 1. The van der Waals surface area contributed by atoms with Crippen LogP contribution >= 0.6 is 0 Å². The van der Waals surface area contributed by atoms with Gasteiger partial charge in [0.15, 0.2) is 17.6 Å². The minimum atomic E-state index is -0.804. The van der Waals surface area contributed by atoms with Crippen LogP contribution in [-0.4, -0.2) is 70.8 Å². The molecule has 0 amide bonds. The van der Waals surface area contributed by atoms with Gasteiger partial charge in [-0.15, -0.1) is 0 Å². The number of ether oxygens (including phenoxy) is 1. The van der Waals surface area contributed by atoms with E-state index in [0.717, 1.165) is 69.6 Å². The van der Waals surface area contributed by atoms with Crippen molar-refractivity contribution >= 4 is 17.3 Å². The second-order valence-electron chi connectivity index (χ2n) is 8.30. The molecule has 1 unspecified atom stereocenters. The summed E-state index contributed by atoms with van der Waals surface area (Å²) in [4.78, 5) is 11.3. The Hall–Kier alpha value is -3.03. The zero-order valence-corrected chi connectivity index (χ0v) is 18.7. The van der Waals surface area contributed by atoms with Gasteiger partial charge in [0.1, 0.15) is 5.75 Å². The molecule has 8 heteroatoms. The predicted molar refractivity (Wildman–Crippen MR) is 125 cm³/mol. The molecule has 2 aromatic rings. The molecule has 0 saturated carbocycles. The first kappa shape index (κ1) is 22.2. The molecule has 6 nitrogen and oxygen atoms in total. The Balaban J connectivity index is 1.25. The minimum Gasteiger partial charge on any atom is -0.497 e. The summed E-state index contributed by atoms with van der Waals surface area (Å²) < 4.78 is 32.0. The maximum Gasteiger partial charge on any atom is 0.193 e. The van der Waals surface area contributed by atoms with E-state index in [4.69, 9.17) is 4.74 Å². The Kier molecular flexibility index (Phi) is 6.97. The van der Waals surface area contributed by atoms with Crippen molar-refractivity contribution in [2.45, 2.75) is 6.42 Å². The van der Waals surface area contributed by atoms with Gasteiger partial charge in [-0.05, 0) is 48.7 Å². The molecular weight excluding hydrogens is 412 g/mol. The number of hydrogen-bond acceptors (Lipinski definition) is 4. The van der Waals surface area contributed by atoms with Crippen LogP contribution < -0.4 is 19.9 Å². The van der Waals surface area contributed by atoms with Crippen LogP contribution in [0.3, 0.4) is 0 Å².